The number of fused-ring (bicyclic) bond motifs is 3. The number of methoxy groups -OCH3 is 1. The van der Waals surface area contributed by atoms with Gasteiger partial charge in [0.25, 0.3) is 5.91 Å². The Morgan fingerprint density at radius 3 is 2.57 bits per heavy atom. The number of alkyl halides is 3. The summed E-state index contributed by atoms with van der Waals surface area (Å²) in [7, 11) is 4.95. The van der Waals surface area contributed by atoms with Crippen LogP contribution in [0.15, 0.2) is 24.0 Å². The summed E-state index contributed by atoms with van der Waals surface area (Å²) >= 11 is 11.8. The number of hydrogen-bond donors (Lipinski definition) is 1. The molecule has 2 aromatic heterocycles. The molecule has 278 valence electrons. The van der Waals surface area contributed by atoms with Gasteiger partial charge in [-0.3, -0.25) is 14.4 Å². The predicted octanol–water partition coefficient (Wildman–Crippen LogP) is 6.31. The van der Waals surface area contributed by atoms with Gasteiger partial charge in [0.15, 0.2) is 5.69 Å². The van der Waals surface area contributed by atoms with E-state index in [-0.39, 0.29) is 17.7 Å². The molecule has 18 heteroatoms. The molecule has 1 amide bonds. The molecule has 0 spiro atoms. The molecule has 0 bridgehead atoms. The number of hydrogen-bond acceptors (Lipinski definition) is 9. The molecule has 0 saturated carbocycles. The fourth-order valence-corrected chi connectivity index (χ4v) is 6.93. The highest BCUT2D eigenvalue weighted by molar-refractivity contribution is 6.34. The Hall–Kier alpha value is -3.73. The van der Waals surface area contributed by atoms with Crippen molar-refractivity contribution in [2.75, 3.05) is 58.1 Å². The van der Waals surface area contributed by atoms with E-state index in [2.05, 4.69) is 24.9 Å². The van der Waals surface area contributed by atoms with Crippen molar-refractivity contribution in [3.8, 4) is 6.01 Å². The highest BCUT2D eigenvalue weighted by Gasteiger charge is 2.34. The molecule has 4 aliphatic heterocycles. The maximum atomic E-state index is 12.6. The van der Waals surface area contributed by atoms with Gasteiger partial charge in [-0.2, -0.15) is 28.2 Å². The highest BCUT2D eigenvalue weighted by atomic mass is 35.5. The molecule has 7 rings (SSSR count). The van der Waals surface area contributed by atoms with Gasteiger partial charge < -0.3 is 25.0 Å². The van der Waals surface area contributed by atoms with Crippen molar-refractivity contribution in [1.29, 1.82) is 0 Å². The maximum absolute atomic E-state index is 12.6. The number of carbonyl (C=O) groups is 1. The number of benzene rings is 1. The van der Waals surface area contributed by atoms with Crippen LogP contribution in [0, 0.1) is 5.82 Å². The SMILES string of the molecule is COc1nc2c(c(N3CCCn4nc(C(=O)N(C)C)c(Cl)c4C3)n1)COCC2.F/C=C1/CC2CCCN2C1.Nc1cc(Cl)c(C(F)(F)F)cc1F. The fraction of sp³-hybridized carbons (Fsp3) is 0.515. The van der Waals surface area contributed by atoms with Crippen molar-refractivity contribution < 1.29 is 36.2 Å². The monoisotopic (exact) mass is 760 g/mol. The number of nitrogens with zero attached hydrogens (tertiary/aromatic N) is 7. The molecular weight excluding hydrogens is 722 g/mol. The second-order valence-corrected chi connectivity index (χ2v) is 13.4. The minimum atomic E-state index is -4.66. The van der Waals surface area contributed by atoms with Gasteiger partial charge in [-0.15, -0.1) is 0 Å². The third-order valence-corrected chi connectivity index (χ3v) is 9.66. The number of carbonyl (C=O) groups excluding carboxylic acids is 1. The molecule has 1 aromatic carbocycles. The summed E-state index contributed by atoms with van der Waals surface area (Å²) in [5.41, 5.74) is 7.41. The van der Waals surface area contributed by atoms with E-state index >= 15 is 0 Å². The smallest absolute Gasteiger partial charge is 0.417 e. The lowest BCUT2D eigenvalue weighted by Gasteiger charge is -2.27. The van der Waals surface area contributed by atoms with E-state index in [0.717, 1.165) is 73.1 Å². The van der Waals surface area contributed by atoms with Crippen molar-refractivity contribution in [3.05, 3.63) is 68.1 Å². The molecule has 6 heterocycles. The molecule has 3 aromatic rings. The lowest BCUT2D eigenvalue weighted by Crippen LogP contribution is -2.28. The lowest BCUT2D eigenvalue weighted by atomic mass is 10.1. The van der Waals surface area contributed by atoms with Crippen LogP contribution in [0.1, 0.15) is 58.7 Å². The quantitative estimate of drug-likeness (QED) is 0.243. The predicted molar refractivity (Wildman–Crippen MR) is 182 cm³/mol. The first-order chi connectivity index (χ1) is 24.2. The van der Waals surface area contributed by atoms with Crippen molar-refractivity contribution >= 4 is 40.6 Å². The van der Waals surface area contributed by atoms with Gasteiger partial charge in [0.2, 0.25) is 0 Å². The van der Waals surface area contributed by atoms with Crippen LogP contribution in [-0.4, -0.2) is 88.9 Å². The van der Waals surface area contributed by atoms with Gasteiger partial charge in [-0.1, -0.05) is 23.2 Å². The largest absolute Gasteiger partial charge is 0.467 e. The van der Waals surface area contributed by atoms with Crippen LogP contribution in [0.25, 0.3) is 0 Å². The summed E-state index contributed by atoms with van der Waals surface area (Å²) < 4.78 is 73.6. The first-order valence-corrected chi connectivity index (χ1v) is 17.0. The molecule has 2 saturated heterocycles. The topological polar surface area (TPSA) is 115 Å². The fourth-order valence-electron chi connectivity index (χ4n) is 6.38. The van der Waals surface area contributed by atoms with Crippen molar-refractivity contribution in [3.63, 3.8) is 0 Å². The van der Waals surface area contributed by atoms with Gasteiger partial charge >= 0.3 is 12.2 Å². The molecule has 4 aliphatic rings. The number of aromatic nitrogens is 4. The Bertz CT molecular complexity index is 1760. The third kappa shape index (κ3) is 8.84. The van der Waals surface area contributed by atoms with Gasteiger partial charge in [0, 0.05) is 51.8 Å². The van der Waals surface area contributed by atoms with Crippen molar-refractivity contribution in [1.82, 2.24) is 29.5 Å². The molecular formula is C33H39Cl2F5N8O3. The average molecular weight is 762 g/mol. The van der Waals surface area contributed by atoms with Crippen LogP contribution in [0.4, 0.5) is 33.5 Å². The van der Waals surface area contributed by atoms with Crippen LogP contribution in [-0.2, 0) is 37.0 Å². The molecule has 1 atom stereocenters. The first kappa shape index (κ1) is 38.5. The van der Waals surface area contributed by atoms with E-state index in [4.69, 9.17) is 38.4 Å². The van der Waals surface area contributed by atoms with E-state index in [1.54, 1.807) is 21.2 Å². The first-order valence-electron chi connectivity index (χ1n) is 16.3. The number of nitrogen functional groups attached to an aromatic ring is 1. The molecule has 0 radical (unpaired) electrons. The van der Waals surface area contributed by atoms with E-state index in [1.165, 1.54) is 24.3 Å². The normalized spacial score (nSPS) is 19.2. The number of halogens is 7. The summed E-state index contributed by atoms with van der Waals surface area (Å²) in [5, 5.41) is 4.26. The lowest BCUT2D eigenvalue weighted by molar-refractivity contribution is -0.137. The molecule has 0 aliphatic carbocycles. The Morgan fingerprint density at radius 2 is 1.90 bits per heavy atom. The zero-order valence-electron chi connectivity index (χ0n) is 28.4. The number of ether oxygens (including phenoxy) is 2. The van der Waals surface area contributed by atoms with E-state index in [0.29, 0.717) is 43.4 Å². The van der Waals surface area contributed by atoms with Crippen LogP contribution in [0.3, 0.4) is 0 Å². The van der Waals surface area contributed by atoms with Gasteiger partial charge in [-0.25, -0.2) is 8.78 Å². The molecule has 2 fully saturated rings. The van der Waals surface area contributed by atoms with Gasteiger partial charge in [0.05, 0.1) is 65.9 Å². The average Bonchev–Trinajstić information content (AvgIpc) is 3.74. The molecule has 2 N–H and O–H groups in total. The van der Waals surface area contributed by atoms with Crippen LogP contribution in [0.5, 0.6) is 6.01 Å². The number of aryl methyl sites for hydroxylation is 1. The second-order valence-electron chi connectivity index (χ2n) is 12.7. The zero-order chi connectivity index (χ0) is 37.0. The number of amides is 1. The van der Waals surface area contributed by atoms with Gasteiger partial charge in [0.1, 0.15) is 11.6 Å². The summed E-state index contributed by atoms with van der Waals surface area (Å²) in [6.45, 7) is 5.16. The Labute approximate surface area is 302 Å². The number of rotatable bonds is 3. The zero-order valence-corrected chi connectivity index (χ0v) is 29.9. The van der Waals surface area contributed by atoms with Crippen LogP contribution in [0.2, 0.25) is 10.0 Å². The van der Waals surface area contributed by atoms with E-state index < -0.39 is 28.3 Å². The Morgan fingerprint density at radius 1 is 1.14 bits per heavy atom. The minimum Gasteiger partial charge on any atom is -0.467 e. The molecule has 1 unspecified atom stereocenters. The maximum Gasteiger partial charge on any atom is 0.417 e. The minimum absolute atomic E-state index is 0.202. The standard InChI is InChI=1S/C18H23ClN6O3.C8H12FN.C7H4ClF4N/c1-23(2)17(26)15-14(19)13-9-24(6-4-7-25(13)22-15)16-11-10-28-8-5-12(11)20-18(21-16)27-3;9-5-7-4-8-2-1-3-10(8)6-7;8-4-2-6(13)5(9)1-3(4)7(10,11)12/h4-10H2,1-3H3;5,8H,1-4,6H2;1-2H,13H2/b;7-5-;. The molecule has 51 heavy (non-hydrogen) atoms. The second kappa shape index (κ2) is 16.3. The van der Waals surface area contributed by atoms with E-state index in [1.807, 2.05) is 4.68 Å². The van der Waals surface area contributed by atoms with E-state index in [9.17, 15) is 26.7 Å². The number of nitrogens with two attached hydrogens (primary N) is 1. The van der Waals surface area contributed by atoms with Crippen molar-refractivity contribution in [2.45, 2.75) is 64.0 Å². The van der Waals surface area contributed by atoms with Gasteiger partial charge in [-0.05, 0) is 49.9 Å². The van der Waals surface area contributed by atoms with Crippen LogP contribution < -0.4 is 15.4 Å². The Kier molecular flexibility index (Phi) is 12.3. The third-order valence-electron chi connectivity index (χ3n) is 8.95. The highest BCUT2D eigenvalue weighted by Crippen LogP contribution is 2.37. The van der Waals surface area contributed by atoms with Crippen LogP contribution >= 0.6 is 23.2 Å². The number of anilines is 2. The summed E-state index contributed by atoms with van der Waals surface area (Å²) in [6, 6.07) is 2.04. The summed E-state index contributed by atoms with van der Waals surface area (Å²) in [4.78, 5) is 27.5. The molecule has 11 nitrogen and oxygen atoms in total. The Balaban J connectivity index is 0.000000180. The summed E-state index contributed by atoms with van der Waals surface area (Å²) in [6.07, 6.45) is 1.28. The summed E-state index contributed by atoms with van der Waals surface area (Å²) in [5.74, 6) is -0.531. The van der Waals surface area contributed by atoms with Crippen molar-refractivity contribution in [2.24, 2.45) is 0 Å².